The largest absolute Gasteiger partial charge is 0.382 e. The summed E-state index contributed by atoms with van der Waals surface area (Å²) in [7, 11) is 0. The van der Waals surface area contributed by atoms with Crippen LogP contribution >= 0.6 is 11.8 Å². The second-order valence-electron chi connectivity index (χ2n) is 1.70. The van der Waals surface area contributed by atoms with E-state index in [0.717, 1.165) is 18.6 Å². The van der Waals surface area contributed by atoms with Gasteiger partial charge in [-0.1, -0.05) is 20.3 Å². The van der Waals surface area contributed by atoms with Crippen LogP contribution in [0.3, 0.4) is 0 Å². The van der Waals surface area contributed by atoms with Gasteiger partial charge in [0.2, 0.25) is 0 Å². The molecule has 0 aliphatic carbocycles. The summed E-state index contributed by atoms with van der Waals surface area (Å²) in [5.74, 6) is 1.02. The van der Waals surface area contributed by atoms with E-state index in [4.69, 9.17) is 5.11 Å². The Morgan fingerprint density at radius 1 is 1.50 bits per heavy atom. The summed E-state index contributed by atoms with van der Waals surface area (Å²) in [5.41, 5.74) is -0.120. The number of rotatable bonds is 4. The summed E-state index contributed by atoms with van der Waals surface area (Å²) >= 11 is 1.61. The maximum absolute atomic E-state index is 9.01. The Morgan fingerprint density at radius 2 is 2.12 bits per heavy atom. The molecule has 0 aromatic rings. The molecule has 50 valence electrons. The normalized spacial score (nSPS) is 13.9. The zero-order chi connectivity index (χ0) is 6.41. The Labute approximate surface area is 55.5 Å². The van der Waals surface area contributed by atoms with Crippen LogP contribution in [0.15, 0.2) is 0 Å². The molecule has 0 aliphatic rings. The second-order valence-corrected chi connectivity index (χ2v) is 3.15. The summed E-state index contributed by atoms with van der Waals surface area (Å²) in [6, 6.07) is 0. The fourth-order valence-electron chi connectivity index (χ4n) is 0.523. The first-order valence-corrected chi connectivity index (χ1v) is 4.15. The van der Waals surface area contributed by atoms with Crippen LogP contribution in [0.5, 0.6) is 0 Å². The zero-order valence-electron chi connectivity index (χ0n) is 5.55. The molecule has 1 nitrogen and oxygen atoms in total. The Kier molecular flexibility index (Phi) is 5.66. The fraction of sp³-hybridized carbons (Fsp3) is 1.00. The average molecular weight is 134 g/mol. The Hall–Kier alpha value is 0.310. The Balaban J connectivity index is 2.92. The molecule has 0 aromatic carbocycles. The summed E-state index contributed by atoms with van der Waals surface area (Å²) < 4.78 is 0. The number of hydrogen-bond acceptors (Lipinski definition) is 2. The van der Waals surface area contributed by atoms with Crippen LogP contribution in [-0.2, 0) is 0 Å². The molecule has 0 rings (SSSR count). The van der Waals surface area contributed by atoms with Crippen molar-refractivity contribution in [3.05, 3.63) is 0 Å². The SMILES string of the molecule is CCCC(O)SCC. The molecular formula is C6H14OS. The molecule has 0 fully saturated rings. The third kappa shape index (κ3) is 4.47. The Morgan fingerprint density at radius 3 is 2.50 bits per heavy atom. The predicted octanol–water partition coefficient (Wildman–Crippen LogP) is 1.86. The average Bonchev–Trinajstić information content (AvgIpc) is 1.68. The van der Waals surface area contributed by atoms with Gasteiger partial charge in [-0.3, -0.25) is 0 Å². The molecule has 0 spiro atoms. The van der Waals surface area contributed by atoms with Crippen molar-refractivity contribution >= 4 is 11.8 Å². The standard InChI is InChI=1S/C6H14OS/c1-3-5-6(7)8-4-2/h6-7H,3-5H2,1-2H3. The molecule has 1 N–H and O–H groups in total. The van der Waals surface area contributed by atoms with E-state index in [-0.39, 0.29) is 5.44 Å². The molecule has 0 saturated heterocycles. The quantitative estimate of drug-likeness (QED) is 0.592. The first-order chi connectivity index (χ1) is 3.81. The van der Waals surface area contributed by atoms with Crippen molar-refractivity contribution in [1.29, 1.82) is 0 Å². The molecule has 2 heteroatoms. The van der Waals surface area contributed by atoms with Crippen molar-refractivity contribution in [2.75, 3.05) is 5.75 Å². The van der Waals surface area contributed by atoms with Crippen LogP contribution in [-0.4, -0.2) is 16.3 Å². The molecule has 0 heterocycles. The Bertz CT molecular complexity index is 41.8. The smallest absolute Gasteiger partial charge is 0.0992 e. The van der Waals surface area contributed by atoms with Crippen LogP contribution in [0, 0.1) is 0 Å². The molecule has 0 aliphatic heterocycles. The van der Waals surface area contributed by atoms with Crippen LogP contribution < -0.4 is 0 Å². The lowest BCUT2D eigenvalue weighted by Crippen LogP contribution is -1.98. The van der Waals surface area contributed by atoms with Crippen molar-refractivity contribution in [3.8, 4) is 0 Å². The van der Waals surface area contributed by atoms with Crippen molar-refractivity contribution in [2.24, 2.45) is 0 Å². The number of aliphatic hydroxyl groups excluding tert-OH is 1. The lowest BCUT2D eigenvalue weighted by atomic mass is 10.4. The van der Waals surface area contributed by atoms with Crippen molar-refractivity contribution in [3.63, 3.8) is 0 Å². The van der Waals surface area contributed by atoms with Crippen molar-refractivity contribution in [2.45, 2.75) is 32.1 Å². The van der Waals surface area contributed by atoms with E-state index in [1.807, 2.05) is 0 Å². The van der Waals surface area contributed by atoms with E-state index in [1.54, 1.807) is 11.8 Å². The highest BCUT2D eigenvalue weighted by atomic mass is 32.2. The van der Waals surface area contributed by atoms with Gasteiger partial charge in [-0.05, 0) is 12.2 Å². The topological polar surface area (TPSA) is 20.2 Å². The number of thioether (sulfide) groups is 1. The van der Waals surface area contributed by atoms with E-state index < -0.39 is 0 Å². The van der Waals surface area contributed by atoms with Gasteiger partial charge in [-0.15, -0.1) is 11.8 Å². The van der Waals surface area contributed by atoms with Crippen molar-refractivity contribution in [1.82, 2.24) is 0 Å². The van der Waals surface area contributed by atoms with E-state index >= 15 is 0 Å². The summed E-state index contributed by atoms with van der Waals surface area (Å²) in [6.07, 6.45) is 2.01. The lowest BCUT2D eigenvalue weighted by molar-refractivity contribution is 0.251. The molecule has 0 bridgehead atoms. The fourth-order valence-corrected chi connectivity index (χ4v) is 1.31. The molecule has 1 atom stereocenters. The van der Waals surface area contributed by atoms with Crippen LogP contribution in [0.2, 0.25) is 0 Å². The molecular weight excluding hydrogens is 120 g/mol. The van der Waals surface area contributed by atoms with Gasteiger partial charge in [0, 0.05) is 0 Å². The van der Waals surface area contributed by atoms with Gasteiger partial charge in [0.05, 0.1) is 5.44 Å². The highest BCUT2D eigenvalue weighted by Gasteiger charge is 1.98. The maximum Gasteiger partial charge on any atom is 0.0992 e. The number of aliphatic hydroxyl groups is 1. The van der Waals surface area contributed by atoms with Gasteiger partial charge in [0.25, 0.3) is 0 Å². The van der Waals surface area contributed by atoms with Crippen molar-refractivity contribution < 1.29 is 5.11 Å². The second kappa shape index (κ2) is 5.45. The van der Waals surface area contributed by atoms with E-state index in [0.29, 0.717) is 0 Å². The molecule has 0 aromatic heterocycles. The summed E-state index contributed by atoms with van der Waals surface area (Å²) in [6.45, 7) is 4.14. The third-order valence-electron chi connectivity index (χ3n) is 0.895. The third-order valence-corrected chi connectivity index (χ3v) is 1.85. The van der Waals surface area contributed by atoms with Gasteiger partial charge >= 0.3 is 0 Å². The minimum atomic E-state index is -0.120. The molecule has 0 amide bonds. The highest BCUT2D eigenvalue weighted by molar-refractivity contribution is 7.99. The molecule has 8 heavy (non-hydrogen) atoms. The maximum atomic E-state index is 9.01. The highest BCUT2D eigenvalue weighted by Crippen LogP contribution is 2.11. The first-order valence-electron chi connectivity index (χ1n) is 3.11. The summed E-state index contributed by atoms with van der Waals surface area (Å²) in [5, 5.41) is 9.01. The lowest BCUT2D eigenvalue weighted by Gasteiger charge is -2.04. The van der Waals surface area contributed by atoms with E-state index in [1.165, 1.54) is 0 Å². The molecule has 0 radical (unpaired) electrons. The summed E-state index contributed by atoms with van der Waals surface area (Å²) in [4.78, 5) is 0. The zero-order valence-corrected chi connectivity index (χ0v) is 6.37. The number of hydrogen-bond donors (Lipinski definition) is 1. The van der Waals surface area contributed by atoms with Crippen LogP contribution in [0.25, 0.3) is 0 Å². The van der Waals surface area contributed by atoms with Gasteiger partial charge < -0.3 is 5.11 Å². The predicted molar refractivity (Wildman–Crippen MR) is 39.0 cm³/mol. The van der Waals surface area contributed by atoms with Gasteiger partial charge in [0.1, 0.15) is 0 Å². The molecule has 1 unspecified atom stereocenters. The minimum Gasteiger partial charge on any atom is -0.382 e. The molecule has 0 saturated carbocycles. The van der Waals surface area contributed by atoms with Gasteiger partial charge in [-0.2, -0.15) is 0 Å². The first kappa shape index (κ1) is 8.31. The van der Waals surface area contributed by atoms with Crippen LogP contribution in [0.4, 0.5) is 0 Å². The van der Waals surface area contributed by atoms with E-state index in [2.05, 4.69) is 13.8 Å². The van der Waals surface area contributed by atoms with Gasteiger partial charge in [0.15, 0.2) is 0 Å². The van der Waals surface area contributed by atoms with Gasteiger partial charge in [-0.25, -0.2) is 0 Å². The van der Waals surface area contributed by atoms with Crippen LogP contribution in [0.1, 0.15) is 26.7 Å². The monoisotopic (exact) mass is 134 g/mol. The minimum absolute atomic E-state index is 0.120. The van der Waals surface area contributed by atoms with E-state index in [9.17, 15) is 0 Å².